The number of carbonyl (C=O) groups excluding carboxylic acids is 1. The van der Waals surface area contributed by atoms with E-state index in [0.717, 1.165) is 0 Å². The number of halogens is 1. The average molecular weight is 356 g/mol. The molecule has 7 heteroatoms. The Morgan fingerprint density at radius 1 is 1.42 bits per heavy atom. The quantitative estimate of drug-likeness (QED) is 0.819. The number of aliphatic carboxylic acids is 1. The summed E-state index contributed by atoms with van der Waals surface area (Å²) in [4.78, 5) is 24.5. The van der Waals surface area contributed by atoms with E-state index in [2.05, 4.69) is 5.32 Å². The normalized spacial score (nSPS) is 24.8. The largest absolute Gasteiger partial charge is 0.495 e. The molecule has 2 unspecified atom stereocenters. The second-order valence-corrected chi connectivity index (χ2v) is 6.79. The van der Waals surface area contributed by atoms with Gasteiger partial charge in [-0.3, -0.25) is 4.79 Å². The van der Waals surface area contributed by atoms with Crippen molar-refractivity contribution in [2.75, 3.05) is 13.7 Å². The van der Waals surface area contributed by atoms with Crippen LogP contribution in [0.5, 0.6) is 5.75 Å². The summed E-state index contributed by atoms with van der Waals surface area (Å²) in [5, 5.41) is 12.8. The lowest BCUT2D eigenvalue weighted by atomic mass is 9.54. The Kier molecular flexibility index (Phi) is 5.11. The Morgan fingerprint density at radius 3 is 2.58 bits per heavy atom. The molecule has 2 rings (SSSR count). The second kappa shape index (κ2) is 6.61. The molecule has 0 spiro atoms. The van der Waals surface area contributed by atoms with Crippen LogP contribution in [0.15, 0.2) is 18.2 Å². The molecule has 0 saturated heterocycles. The van der Waals surface area contributed by atoms with E-state index in [-0.39, 0.29) is 18.1 Å². The second-order valence-electron chi connectivity index (χ2n) is 6.38. The van der Waals surface area contributed by atoms with Gasteiger partial charge in [0.25, 0.3) is 5.91 Å². The van der Waals surface area contributed by atoms with Crippen LogP contribution in [0, 0.1) is 5.41 Å². The first-order chi connectivity index (χ1) is 11.2. The minimum absolute atomic E-state index is 0.222. The van der Waals surface area contributed by atoms with Gasteiger partial charge >= 0.3 is 5.97 Å². The summed E-state index contributed by atoms with van der Waals surface area (Å²) >= 11 is 5.95. The van der Waals surface area contributed by atoms with Crippen molar-refractivity contribution in [3.63, 3.8) is 0 Å². The minimum Gasteiger partial charge on any atom is -0.495 e. The number of nitrogens with one attached hydrogen (secondary N) is 1. The number of hydrogen-bond acceptors (Lipinski definition) is 4. The summed E-state index contributed by atoms with van der Waals surface area (Å²) < 4.78 is 10.7. The van der Waals surface area contributed by atoms with Gasteiger partial charge in [0, 0.05) is 24.0 Å². The number of rotatable bonds is 6. The summed E-state index contributed by atoms with van der Waals surface area (Å²) in [5.41, 5.74) is -1.83. The van der Waals surface area contributed by atoms with Crippen molar-refractivity contribution >= 4 is 23.5 Å². The lowest BCUT2D eigenvalue weighted by Gasteiger charge is -2.58. The van der Waals surface area contributed by atoms with E-state index in [1.165, 1.54) is 25.3 Å². The van der Waals surface area contributed by atoms with Crippen LogP contribution in [0.25, 0.3) is 0 Å². The Bertz CT molecular complexity index is 660. The number of amides is 1. The van der Waals surface area contributed by atoms with Gasteiger partial charge in [-0.2, -0.15) is 0 Å². The van der Waals surface area contributed by atoms with Crippen molar-refractivity contribution < 1.29 is 24.2 Å². The van der Waals surface area contributed by atoms with E-state index in [9.17, 15) is 14.7 Å². The van der Waals surface area contributed by atoms with E-state index in [0.29, 0.717) is 17.4 Å². The summed E-state index contributed by atoms with van der Waals surface area (Å²) in [6.45, 7) is 5.92. The fraction of sp³-hybridized carbons (Fsp3) is 0.529. The molecular weight excluding hydrogens is 334 g/mol. The van der Waals surface area contributed by atoms with E-state index in [1.54, 1.807) is 13.8 Å². The molecule has 0 heterocycles. The number of methoxy groups -OCH3 is 1. The molecule has 24 heavy (non-hydrogen) atoms. The maximum Gasteiger partial charge on any atom is 0.330 e. The highest BCUT2D eigenvalue weighted by molar-refractivity contribution is 6.32. The average Bonchev–Trinajstić information content (AvgIpc) is 2.53. The molecule has 2 N–H and O–H groups in total. The standard InChI is InChI=1S/C17H22ClNO5/c1-5-24-13-9-17(15(21)22,16(13,2)3)19-14(20)10-6-7-11(18)12(8-10)23-4/h6-8,13H,5,9H2,1-4H3,(H,19,20)(H,21,22). The van der Waals surface area contributed by atoms with Crippen LogP contribution in [0.2, 0.25) is 5.02 Å². The third-order valence-electron chi connectivity index (χ3n) is 4.87. The van der Waals surface area contributed by atoms with Crippen molar-refractivity contribution in [1.29, 1.82) is 0 Å². The van der Waals surface area contributed by atoms with Gasteiger partial charge in [-0.25, -0.2) is 4.79 Å². The van der Waals surface area contributed by atoms with Crippen LogP contribution in [0.3, 0.4) is 0 Å². The third kappa shape index (κ3) is 2.84. The molecule has 0 aliphatic heterocycles. The lowest BCUT2D eigenvalue weighted by molar-refractivity contribution is -0.190. The Morgan fingerprint density at radius 2 is 2.08 bits per heavy atom. The van der Waals surface area contributed by atoms with Crippen LogP contribution < -0.4 is 10.1 Å². The molecule has 132 valence electrons. The molecule has 1 fully saturated rings. The van der Waals surface area contributed by atoms with Gasteiger partial charge in [0.2, 0.25) is 0 Å². The molecular formula is C17H22ClNO5. The van der Waals surface area contributed by atoms with Gasteiger partial charge in [-0.1, -0.05) is 25.4 Å². The van der Waals surface area contributed by atoms with Gasteiger partial charge in [0.15, 0.2) is 0 Å². The first-order valence-electron chi connectivity index (χ1n) is 7.70. The zero-order valence-corrected chi connectivity index (χ0v) is 14.9. The lowest BCUT2D eigenvalue weighted by Crippen LogP contribution is -2.76. The van der Waals surface area contributed by atoms with Crippen LogP contribution in [-0.2, 0) is 9.53 Å². The van der Waals surface area contributed by atoms with Gasteiger partial charge in [-0.15, -0.1) is 0 Å². The van der Waals surface area contributed by atoms with Gasteiger partial charge in [0.05, 0.1) is 18.2 Å². The van der Waals surface area contributed by atoms with Gasteiger partial charge in [0.1, 0.15) is 11.3 Å². The maximum atomic E-state index is 12.6. The molecule has 1 aromatic rings. The van der Waals surface area contributed by atoms with Crippen molar-refractivity contribution in [3.05, 3.63) is 28.8 Å². The van der Waals surface area contributed by atoms with Crippen LogP contribution in [0.1, 0.15) is 37.6 Å². The van der Waals surface area contributed by atoms with E-state index in [4.69, 9.17) is 21.1 Å². The highest BCUT2D eigenvalue weighted by atomic mass is 35.5. The summed E-state index contributed by atoms with van der Waals surface area (Å²) in [7, 11) is 1.45. The molecule has 1 amide bonds. The molecule has 2 atom stereocenters. The van der Waals surface area contributed by atoms with E-state index >= 15 is 0 Å². The molecule has 1 aromatic carbocycles. The zero-order chi connectivity index (χ0) is 18.1. The highest BCUT2D eigenvalue weighted by Gasteiger charge is 2.66. The van der Waals surface area contributed by atoms with Crippen LogP contribution >= 0.6 is 11.6 Å². The first-order valence-corrected chi connectivity index (χ1v) is 8.08. The smallest absolute Gasteiger partial charge is 0.330 e. The topological polar surface area (TPSA) is 84.9 Å². The minimum atomic E-state index is -1.38. The zero-order valence-electron chi connectivity index (χ0n) is 14.2. The molecule has 6 nitrogen and oxygen atoms in total. The number of benzene rings is 1. The summed E-state index contributed by atoms with van der Waals surface area (Å²) in [6.07, 6.45) is -0.00161. The monoisotopic (exact) mass is 355 g/mol. The fourth-order valence-corrected chi connectivity index (χ4v) is 3.30. The Balaban J connectivity index is 2.27. The first kappa shape index (κ1) is 18.5. The van der Waals surface area contributed by atoms with Gasteiger partial charge in [-0.05, 0) is 25.1 Å². The fourth-order valence-electron chi connectivity index (χ4n) is 3.10. The molecule has 0 radical (unpaired) electrons. The molecule has 1 aliphatic rings. The number of hydrogen-bond donors (Lipinski definition) is 2. The highest BCUT2D eigenvalue weighted by Crippen LogP contribution is 2.51. The summed E-state index contributed by atoms with van der Waals surface area (Å²) in [5.74, 6) is -1.21. The predicted octanol–water partition coefficient (Wildman–Crippen LogP) is 2.74. The third-order valence-corrected chi connectivity index (χ3v) is 5.18. The Labute approximate surface area is 146 Å². The summed E-state index contributed by atoms with van der Waals surface area (Å²) in [6, 6.07) is 4.55. The maximum absolute atomic E-state index is 12.6. The van der Waals surface area contributed by atoms with Crippen LogP contribution in [0.4, 0.5) is 0 Å². The number of ether oxygens (including phenoxy) is 2. The molecule has 0 aromatic heterocycles. The van der Waals surface area contributed by atoms with E-state index < -0.39 is 22.8 Å². The van der Waals surface area contributed by atoms with Crippen molar-refractivity contribution in [3.8, 4) is 5.75 Å². The van der Waals surface area contributed by atoms with Crippen LogP contribution in [-0.4, -0.2) is 42.3 Å². The molecule has 0 bridgehead atoms. The van der Waals surface area contributed by atoms with Crippen molar-refractivity contribution in [2.45, 2.75) is 38.8 Å². The van der Waals surface area contributed by atoms with Crippen molar-refractivity contribution in [1.82, 2.24) is 5.32 Å². The Hall–Kier alpha value is -1.79. The van der Waals surface area contributed by atoms with Crippen molar-refractivity contribution in [2.24, 2.45) is 5.41 Å². The number of carboxylic acid groups (broad SMARTS) is 1. The number of carboxylic acids is 1. The SMILES string of the molecule is CCOC1CC(NC(=O)c2ccc(Cl)c(OC)c2)(C(=O)O)C1(C)C. The molecule has 1 saturated carbocycles. The number of carbonyl (C=O) groups is 2. The molecule has 1 aliphatic carbocycles. The van der Waals surface area contributed by atoms with Gasteiger partial charge < -0.3 is 19.9 Å². The predicted molar refractivity (Wildman–Crippen MR) is 89.6 cm³/mol. The van der Waals surface area contributed by atoms with E-state index in [1.807, 2.05) is 6.92 Å².